The molecule has 2 unspecified atom stereocenters. The zero-order chi connectivity index (χ0) is 20.4. The molecule has 0 aromatic heterocycles. The van der Waals surface area contributed by atoms with Gasteiger partial charge in [-0.1, -0.05) is 35.5 Å². The minimum Gasteiger partial charge on any atom is -0.352 e. The lowest BCUT2D eigenvalue weighted by molar-refractivity contribution is 0.0954. The van der Waals surface area contributed by atoms with Crippen LogP contribution in [0.4, 0.5) is 5.69 Å². The summed E-state index contributed by atoms with van der Waals surface area (Å²) in [6.45, 7) is 0.541. The molecule has 2 N–H and O–H groups in total. The monoisotopic (exact) mass is 449 g/mol. The van der Waals surface area contributed by atoms with Crippen molar-refractivity contribution in [1.82, 2.24) is 5.32 Å². The minimum atomic E-state index is -2.95. The van der Waals surface area contributed by atoms with Gasteiger partial charge >= 0.3 is 0 Å². The van der Waals surface area contributed by atoms with Crippen molar-refractivity contribution in [3.8, 4) is 0 Å². The van der Waals surface area contributed by atoms with E-state index in [1.54, 1.807) is 12.1 Å². The van der Waals surface area contributed by atoms with Gasteiger partial charge in [-0.15, -0.1) is 0 Å². The lowest BCUT2D eigenvalue weighted by Crippen LogP contribution is -2.25. The summed E-state index contributed by atoms with van der Waals surface area (Å²) in [5, 5.41) is 7.56. The van der Waals surface area contributed by atoms with Crippen molar-refractivity contribution in [2.24, 2.45) is 4.99 Å². The zero-order valence-electron chi connectivity index (χ0n) is 15.5. The first-order chi connectivity index (χ1) is 13.9. The Kier molecular flexibility index (Phi) is 5.85. The quantitative estimate of drug-likeness (QED) is 0.732. The number of anilines is 1. The number of halogens is 1. The van der Waals surface area contributed by atoms with Crippen LogP contribution in [0.1, 0.15) is 15.9 Å². The molecular formula is C20H20ClN3O3S2. The number of amides is 1. The molecule has 0 bridgehead atoms. The number of hydrogen-bond acceptors (Lipinski definition) is 6. The van der Waals surface area contributed by atoms with Crippen molar-refractivity contribution in [1.29, 1.82) is 0 Å². The molecule has 6 nitrogen and oxygen atoms in total. The van der Waals surface area contributed by atoms with Crippen LogP contribution in [0.5, 0.6) is 0 Å². The molecule has 1 fully saturated rings. The van der Waals surface area contributed by atoms with E-state index >= 15 is 0 Å². The maximum Gasteiger partial charge on any atom is 0.251 e. The summed E-state index contributed by atoms with van der Waals surface area (Å²) in [7, 11) is -2.95. The Morgan fingerprint density at radius 2 is 1.83 bits per heavy atom. The van der Waals surface area contributed by atoms with Crippen LogP contribution in [0.25, 0.3) is 0 Å². The van der Waals surface area contributed by atoms with Crippen molar-refractivity contribution < 1.29 is 13.2 Å². The molecule has 2 aromatic rings. The Hall–Kier alpha value is -2.03. The number of carbonyl (C=O) groups excluding carboxylic acids is 1. The van der Waals surface area contributed by atoms with Crippen LogP contribution in [0.3, 0.4) is 0 Å². The highest BCUT2D eigenvalue weighted by molar-refractivity contribution is 8.15. The molecule has 0 spiro atoms. The Morgan fingerprint density at radius 3 is 2.52 bits per heavy atom. The molecule has 2 aliphatic rings. The van der Waals surface area contributed by atoms with E-state index in [-0.39, 0.29) is 28.7 Å². The number of amidine groups is 1. The lowest BCUT2D eigenvalue weighted by atomic mass is 10.1. The molecule has 1 amide bonds. The van der Waals surface area contributed by atoms with E-state index in [1.807, 2.05) is 36.4 Å². The fraction of sp³-hybridized carbons (Fsp3) is 0.300. The summed E-state index contributed by atoms with van der Waals surface area (Å²) in [4.78, 5) is 16.8. The van der Waals surface area contributed by atoms with Crippen molar-refractivity contribution in [2.45, 2.75) is 17.7 Å². The van der Waals surface area contributed by atoms with E-state index in [9.17, 15) is 13.2 Å². The topological polar surface area (TPSA) is 87.6 Å². The summed E-state index contributed by atoms with van der Waals surface area (Å²) in [5.74, 6) is 0.190. The van der Waals surface area contributed by atoms with Gasteiger partial charge in [-0.25, -0.2) is 8.42 Å². The maximum atomic E-state index is 12.3. The average Bonchev–Trinajstić information content (AvgIpc) is 3.16. The van der Waals surface area contributed by atoms with Gasteiger partial charge in [0.05, 0.1) is 17.5 Å². The first-order valence-electron chi connectivity index (χ1n) is 9.23. The first kappa shape index (κ1) is 20.3. The molecule has 9 heteroatoms. The number of nitrogens with one attached hydrogen (secondary N) is 2. The molecule has 2 aliphatic heterocycles. The number of nitrogens with zero attached hydrogens (tertiary/aromatic N) is 1. The van der Waals surface area contributed by atoms with Gasteiger partial charge in [0.15, 0.2) is 15.0 Å². The summed E-state index contributed by atoms with van der Waals surface area (Å²) in [6, 6.07) is 14.6. The highest BCUT2D eigenvalue weighted by Gasteiger charge is 2.42. The van der Waals surface area contributed by atoms with Gasteiger partial charge in [0.1, 0.15) is 0 Å². The SMILES string of the molecule is O=C(NCCc1ccc(Cl)cc1)c1ccc(NC2=NC3CS(=O)(=O)CC3S2)cc1. The molecule has 2 heterocycles. The number of rotatable bonds is 5. The Bertz CT molecular complexity index is 1040. The number of carbonyl (C=O) groups is 1. The minimum absolute atomic E-state index is 0.00758. The summed E-state index contributed by atoms with van der Waals surface area (Å²) in [6.07, 6.45) is 0.734. The number of fused-ring (bicyclic) bond motifs is 1. The second-order valence-electron chi connectivity index (χ2n) is 7.07. The molecule has 4 rings (SSSR count). The lowest BCUT2D eigenvalue weighted by Gasteiger charge is -2.09. The number of sulfone groups is 1. The summed E-state index contributed by atoms with van der Waals surface area (Å²) in [5.41, 5.74) is 2.51. The molecule has 2 atom stereocenters. The van der Waals surface area contributed by atoms with E-state index in [2.05, 4.69) is 15.6 Å². The third-order valence-corrected chi connectivity index (χ3v) is 8.22. The van der Waals surface area contributed by atoms with Gasteiger partial charge in [-0.3, -0.25) is 9.79 Å². The molecule has 152 valence electrons. The first-order valence-corrected chi connectivity index (χ1v) is 12.3. The molecule has 1 saturated heterocycles. The molecule has 29 heavy (non-hydrogen) atoms. The van der Waals surface area contributed by atoms with Crippen LogP contribution in [0.2, 0.25) is 5.02 Å². The van der Waals surface area contributed by atoms with Gasteiger partial charge in [0, 0.05) is 28.1 Å². The number of hydrogen-bond donors (Lipinski definition) is 2. The van der Waals surface area contributed by atoms with E-state index < -0.39 is 9.84 Å². The Labute approximate surface area is 179 Å². The summed E-state index contributed by atoms with van der Waals surface area (Å²) >= 11 is 7.34. The van der Waals surface area contributed by atoms with Gasteiger partial charge in [-0.05, 0) is 48.4 Å². The predicted octanol–water partition coefficient (Wildman–Crippen LogP) is 2.99. The molecule has 0 saturated carbocycles. The van der Waals surface area contributed by atoms with Crippen LogP contribution < -0.4 is 10.6 Å². The molecule has 0 radical (unpaired) electrons. The predicted molar refractivity (Wildman–Crippen MR) is 119 cm³/mol. The third-order valence-electron chi connectivity index (χ3n) is 4.83. The second kappa shape index (κ2) is 8.38. The summed E-state index contributed by atoms with van der Waals surface area (Å²) < 4.78 is 23.3. The van der Waals surface area contributed by atoms with E-state index in [0.717, 1.165) is 22.8 Å². The highest BCUT2D eigenvalue weighted by atomic mass is 35.5. The van der Waals surface area contributed by atoms with Gasteiger partial charge < -0.3 is 10.6 Å². The zero-order valence-corrected chi connectivity index (χ0v) is 17.9. The highest BCUT2D eigenvalue weighted by Crippen LogP contribution is 2.34. The Balaban J connectivity index is 1.28. The van der Waals surface area contributed by atoms with Crippen LogP contribution in [0, 0.1) is 0 Å². The average molecular weight is 450 g/mol. The van der Waals surface area contributed by atoms with E-state index in [1.165, 1.54) is 11.8 Å². The fourth-order valence-corrected chi connectivity index (χ4v) is 7.12. The van der Waals surface area contributed by atoms with Crippen molar-refractivity contribution in [2.75, 3.05) is 23.4 Å². The van der Waals surface area contributed by atoms with Gasteiger partial charge in [-0.2, -0.15) is 0 Å². The number of benzene rings is 2. The van der Waals surface area contributed by atoms with Crippen LogP contribution >= 0.6 is 23.4 Å². The third kappa shape index (κ3) is 5.12. The molecule has 0 aliphatic carbocycles. The van der Waals surface area contributed by atoms with Crippen molar-refractivity contribution in [3.63, 3.8) is 0 Å². The van der Waals surface area contributed by atoms with Crippen molar-refractivity contribution >= 4 is 50.0 Å². The number of aliphatic imine (C=N–C) groups is 1. The van der Waals surface area contributed by atoms with Crippen LogP contribution in [-0.4, -0.2) is 48.8 Å². The Morgan fingerprint density at radius 1 is 1.10 bits per heavy atom. The van der Waals surface area contributed by atoms with Gasteiger partial charge in [0.2, 0.25) is 0 Å². The maximum absolute atomic E-state index is 12.3. The molecular weight excluding hydrogens is 430 g/mol. The number of thioether (sulfide) groups is 1. The van der Waals surface area contributed by atoms with Crippen LogP contribution in [0.15, 0.2) is 53.5 Å². The van der Waals surface area contributed by atoms with Crippen LogP contribution in [-0.2, 0) is 16.3 Å². The second-order valence-corrected chi connectivity index (χ2v) is 10.9. The smallest absolute Gasteiger partial charge is 0.251 e. The van der Waals surface area contributed by atoms with Crippen molar-refractivity contribution in [3.05, 3.63) is 64.7 Å². The van der Waals surface area contributed by atoms with E-state index in [4.69, 9.17) is 11.6 Å². The fourth-order valence-electron chi connectivity index (χ4n) is 3.32. The molecule has 2 aromatic carbocycles. The van der Waals surface area contributed by atoms with E-state index in [0.29, 0.717) is 17.1 Å². The largest absolute Gasteiger partial charge is 0.352 e. The normalized spacial score (nSPS) is 22.0. The van der Waals surface area contributed by atoms with Gasteiger partial charge in [0.25, 0.3) is 5.91 Å². The standard InChI is InChI=1S/C20H20ClN3O3S2/c21-15-5-1-13(2-6-15)9-10-22-19(25)14-3-7-16(8-4-14)23-20-24-17-11-29(26,27)12-18(17)28-20/h1-8,17-18H,9-12H2,(H,22,25)(H,23,24).